The normalized spacial score (nSPS) is 12.4. The molecule has 0 bridgehead atoms. The van der Waals surface area contributed by atoms with Gasteiger partial charge in [-0.3, -0.25) is 4.79 Å². The molecule has 0 fully saturated rings. The number of hydrogen-bond acceptors (Lipinski definition) is 2. The van der Waals surface area contributed by atoms with Crippen LogP contribution >= 0.6 is 0 Å². The van der Waals surface area contributed by atoms with Gasteiger partial charge in [0.15, 0.2) is 11.6 Å². The van der Waals surface area contributed by atoms with Crippen LogP contribution in [0.3, 0.4) is 0 Å². The molecule has 0 aliphatic carbocycles. The first-order chi connectivity index (χ1) is 8.02. The van der Waals surface area contributed by atoms with Crippen LogP contribution in [0.5, 0.6) is 0 Å². The summed E-state index contributed by atoms with van der Waals surface area (Å²) in [6.07, 6.45) is 0.863. The third kappa shape index (κ3) is 4.11. The van der Waals surface area contributed by atoms with E-state index in [-0.39, 0.29) is 23.9 Å². The van der Waals surface area contributed by atoms with Crippen LogP contribution in [0.4, 0.5) is 8.78 Å². The van der Waals surface area contributed by atoms with E-state index in [1.54, 1.807) is 6.92 Å². The zero-order valence-corrected chi connectivity index (χ0v) is 9.67. The van der Waals surface area contributed by atoms with Crippen LogP contribution in [0.2, 0.25) is 0 Å². The van der Waals surface area contributed by atoms with Crippen molar-refractivity contribution in [3.8, 4) is 0 Å². The van der Waals surface area contributed by atoms with Crippen molar-refractivity contribution in [3.05, 3.63) is 35.4 Å². The molecule has 94 valence electrons. The van der Waals surface area contributed by atoms with Crippen LogP contribution in [0.25, 0.3) is 0 Å². The van der Waals surface area contributed by atoms with Gasteiger partial charge in [-0.25, -0.2) is 8.78 Å². The van der Waals surface area contributed by atoms with Crippen molar-refractivity contribution in [2.75, 3.05) is 6.54 Å². The lowest BCUT2D eigenvalue weighted by molar-refractivity contribution is -0.118. The maximum atomic E-state index is 13.4. The number of benzene rings is 1. The van der Waals surface area contributed by atoms with E-state index < -0.39 is 11.6 Å². The number of nitrogens with one attached hydrogen (secondary N) is 1. The summed E-state index contributed by atoms with van der Waals surface area (Å²) in [6.45, 7) is 2.27. The molecule has 1 amide bonds. The van der Waals surface area contributed by atoms with E-state index in [2.05, 4.69) is 5.32 Å². The first-order valence-electron chi connectivity index (χ1n) is 5.48. The van der Waals surface area contributed by atoms with Crippen LogP contribution in [0, 0.1) is 11.6 Å². The van der Waals surface area contributed by atoms with E-state index in [1.165, 1.54) is 12.1 Å². The highest BCUT2D eigenvalue weighted by Crippen LogP contribution is 2.18. The number of nitrogens with two attached hydrogens (primary N) is 1. The number of carbonyl (C=O) groups excluding carboxylic acids is 1. The zero-order chi connectivity index (χ0) is 12.8. The monoisotopic (exact) mass is 242 g/mol. The molecule has 0 radical (unpaired) electrons. The highest BCUT2D eigenvalue weighted by Gasteiger charge is 2.13. The third-order valence-electron chi connectivity index (χ3n) is 2.50. The molecule has 0 heterocycles. The highest BCUT2D eigenvalue weighted by atomic mass is 19.2. The Balaban J connectivity index is 2.49. The number of hydrogen-bond donors (Lipinski definition) is 2. The van der Waals surface area contributed by atoms with E-state index in [1.807, 2.05) is 0 Å². The minimum atomic E-state index is -0.853. The van der Waals surface area contributed by atoms with Crippen LogP contribution in [0.1, 0.15) is 31.4 Å². The second kappa shape index (κ2) is 6.30. The van der Waals surface area contributed by atoms with Gasteiger partial charge in [0.25, 0.3) is 0 Å². The maximum absolute atomic E-state index is 13.4. The minimum absolute atomic E-state index is 0.282. The van der Waals surface area contributed by atoms with E-state index in [4.69, 9.17) is 5.73 Å². The average Bonchev–Trinajstić information content (AvgIpc) is 2.27. The zero-order valence-electron chi connectivity index (χ0n) is 9.67. The highest BCUT2D eigenvalue weighted by molar-refractivity contribution is 5.73. The Morgan fingerprint density at radius 3 is 2.82 bits per heavy atom. The Labute approximate surface area is 99.0 Å². The number of rotatable bonds is 6. The standard InChI is InChI=1S/C12H16F2N2O/c1-8(16-7-3-6-11(15)17)9-4-2-5-10(13)12(9)14/h2,4-5,8,16H,3,6-7H2,1H3,(H2,15,17). The quantitative estimate of drug-likeness (QED) is 0.748. The summed E-state index contributed by atoms with van der Waals surface area (Å²) in [7, 11) is 0. The largest absolute Gasteiger partial charge is 0.370 e. The Morgan fingerprint density at radius 2 is 2.18 bits per heavy atom. The Bertz CT molecular complexity index is 396. The fraction of sp³-hybridized carbons (Fsp3) is 0.417. The predicted molar refractivity (Wildman–Crippen MR) is 61.2 cm³/mol. The number of primary amides is 1. The third-order valence-corrected chi connectivity index (χ3v) is 2.50. The molecular formula is C12H16F2N2O. The molecule has 3 N–H and O–H groups in total. The molecule has 1 aromatic carbocycles. The summed E-state index contributed by atoms with van der Waals surface area (Å²) in [5, 5.41) is 3.01. The van der Waals surface area contributed by atoms with E-state index in [0.29, 0.717) is 13.0 Å². The molecule has 0 saturated carbocycles. The molecule has 1 atom stereocenters. The molecule has 3 nitrogen and oxygen atoms in total. The fourth-order valence-corrected chi connectivity index (χ4v) is 1.55. The van der Waals surface area contributed by atoms with Crippen molar-refractivity contribution in [3.63, 3.8) is 0 Å². The lowest BCUT2D eigenvalue weighted by atomic mass is 10.1. The predicted octanol–water partition coefficient (Wildman–Crippen LogP) is 1.88. The molecule has 5 heteroatoms. The average molecular weight is 242 g/mol. The van der Waals surface area contributed by atoms with Crippen LogP contribution in [-0.2, 0) is 4.79 Å². The molecule has 0 aliphatic heterocycles. The lowest BCUT2D eigenvalue weighted by Gasteiger charge is -2.14. The molecule has 1 rings (SSSR count). The van der Waals surface area contributed by atoms with Gasteiger partial charge < -0.3 is 11.1 Å². The van der Waals surface area contributed by atoms with Gasteiger partial charge in [-0.15, -0.1) is 0 Å². The number of amides is 1. The summed E-state index contributed by atoms with van der Waals surface area (Å²) in [5.41, 5.74) is 5.27. The smallest absolute Gasteiger partial charge is 0.217 e. The van der Waals surface area contributed by atoms with Gasteiger partial charge >= 0.3 is 0 Å². The Kier molecular flexibility index (Phi) is 5.03. The van der Waals surface area contributed by atoms with Crippen molar-refractivity contribution in [1.29, 1.82) is 0 Å². The fourth-order valence-electron chi connectivity index (χ4n) is 1.55. The van der Waals surface area contributed by atoms with Gasteiger partial charge in [0, 0.05) is 18.0 Å². The summed E-state index contributed by atoms with van der Waals surface area (Å²) >= 11 is 0. The van der Waals surface area contributed by atoms with Crippen LogP contribution in [0.15, 0.2) is 18.2 Å². The first kappa shape index (κ1) is 13.6. The van der Waals surface area contributed by atoms with E-state index >= 15 is 0 Å². The molecule has 0 spiro atoms. The Morgan fingerprint density at radius 1 is 1.47 bits per heavy atom. The maximum Gasteiger partial charge on any atom is 0.217 e. The summed E-state index contributed by atoms with van der Waals surface area (Å²) in [6, 6.07) is 3.77. The van der Waals surface area contributed by atoms with Gasteiger partial charge in [-0.05, 0) is 26.0 Å². The molecule has 1 unspecified atom stereocenters. The van der Waals surface area contributed by atoms with E-state index in [0.717, 1.165) is 6.07 Å². The van der Waals surface area contributed by atoms with Gasteiger partial charge in [-0.1, -0.05) is 12.1 Å². The number of carbonyl (C=O) groups is 1. The topological polar surface area (TPSA) is 55.1 Å². The van der Waals surface area contributed by atoms with Crippen molar-refractivity contribution in [2.24, 2.45) is 5.73 Å². The second-order valence-electron chi connectivity index (χ2n) is 3.89. The molecule has 0 aliphatic rings. The molecular weight excluding hydrogens is 226 g/mol. The molecule has 0 saturated heterocycles. The van der Waals surface area contributed by atoms with Crippen molar-refractivity contribution in [1.82, 2.24) is 5.32 Å². The second-order valence-corrected chi connectivity index (χ2v) is 3.89. The summed E-state index contributed by atoms with van der Waals surface area (Å²) in [4.78, 5) is 10.5. The SMILES string of the molecule is CC(NCCCC(N)=O)c1cccc(F)c1F. The summed E-state index contributed by atoms with van der Waals surface area (Å²) < 4.78 is 26.4. The minimum Gasteiger partial charge on any atom is -0.370 e. The van der Waals surface area contributed by atoms with Gasteiger partial charge in [0.05, 0.1) is 0 Å². The van der Waals surface area contributed by atoms with Crippen molar-refractivity contribution >= 4 is 5.91 Å². The van der Waals surface area contributed by atoms with Crippen molar-refractivity contribution in [2.45, 2.75) is 25.8 Å². The van der Waals surface area contributed by atoms with Crippen molar-refractivity contribution < 1.29 is 13.6 Å². The first-order valence-corrected chi connectivity index (χ1v) is 5.48. The molecule has 0 aromatic heterocycles. The molecule has 17 heavy (non-hydrogen) atoms. The lowest BCUT2D eigenvalue weighted by Crippen LogP contribution is -2.22. The van der Waals surface area contributed by atoms with Crippen LogP contribution in [-0.4, -0.2) is 12.5 Å². The summed E-state index contributed by atoms with van der Waals surface area (Å²) in [5.74, 6) is -2.05. The van der Waals surface area contributed by atoms with Gasteiger partial charge in [0.1, 0.15) is 0 Å². The van der Waals surface area contributed by atoms with Gasteiger partial charge in [0.2, 0.25) is 5.91 Å². The Hall–Kier alpha value is -1.49. The van der Waals surface area contributed by atoms with Gasteiger partial charge in [-0.2, -0.15) is 0 Å². The molecule has 1 aromatic rings. The van der Waals surface area contributed by atoms with E-state index in [9.17, 15) is 13.6 Å². The number of halogens is 2. The van der Waals surface area contributed by atoms with Crippen LogP contribution < -0.4 is 11.1 Å².